The lowest BCUT2D eigenvalue weighted by molar-refractivity contribution is -0.384. The van der Waals surface area contributed by atoms with Crippen molar-refractivity contribution in [1.82, 2.24) is 10.2 Å². The van der Waals surface area contributed by atoms with E-state index in [-0.39, 0.29) is 16.4 Å². The molecule has 8 nitrogen and oxygen atoms in total. The van der Waals surface area contributed by atoms with Gasteiger partial charge in [0.2, 0.25) is 0 Å². The lowest BCUT2D eigenvalue weighted by atomic mass is 10.0. The van der Waals surface area contributed by atoms with Gasteiger partial charge in [0, 0.05) is 24.8 Å². The second-order valence-electron chi connectivity index (χ2n) is 6.53. The van der Waals surface area contributed by atoms with Crippen LogP contribution in [0.1, 0.15) is 26.2 Å². The number of hydrogen-bond acceptors (Lipinski definition) is 5. The summed E-state index contributed by atoms with van der Waals surface area (Å²) in [7, 11) is 0. The predicted molar refractivity (Wildman–Crippen MR) is 99.2 cm³/mol. The molecule has 0 aliphatic carbocycles. The molecule has 9 heteroatoms. The maximum absolute atomic E-state index is 11.9. The van der Waals surface area contributed by atoms with E-state index in [0.717, 1.165) is 32.1 Å². The standard InChI is InChI=1S/C17H23ClN4O4/c1-12-4-2-8-21(11-12)9-3-7-19-16(23)17(24)20-13-5-6-14(18)15(10-13)22(25)26/h5-6,10,12H,2-4,7-9,11H2,1H3,(H,19,23)(H,20,24). The van der Waals surface area contributed by atoms with Gasteiger partial charge in [0.25, 0.3) is 5.69 Å². The van der Waals surface area contributed by atoms with Crippen LogP contribution in [0.3, 0.4) is 0 Å². The van der Waals surface area contributed by atoms with E-state index in [1.807, 2.05) is 0 Å². The first-order valence-corrected chi connectivity index (χ1v) is 9.00. The van der Waals surface area contributed by atoms with Crippen molar-refractivity contribution in [3.8, 4) is 0 Å². The van der Waals surface area contributed by atoms with Crippen LogP contribution in [0, 0.1) is 16.0 Å². The van der Waals surface area contributed by atoms with E-state index in [2.05, 4.69) is 22.5 Å². The van der Waals surface area contributed by atoms with Crippen LogP contribution in [0.4, 0.5) is 11.4 Å². The first kappa shape index (κ1) is 20.1. The molecule has 1 aliphatic rings. The summed E-state index contributed by atoms with van der Waals surface area (Å²) in [6, 6.07) is 3.82. The molecule has 2 amide bonds. The van der Waals surface area contributed by atoms with Crippen molar-refractivity contribution in [2.75, 3.05) is 31.5 Å². The van der Waals surface area contributed by atoms with Crippen LogP contribution in [-0.4, -0.2) is 47.8 Å². The predicted octanol–water partition coefficient (Wildman–Crippen LogP) is 2.42. The fourth-order valence-electron chi connectivity index (χ4n) is 2.99. The van der Waals surface area contributed by atoms with Crippen molar-refractivity contribution in [2.24, 2.45) is 5.92 Å². The van der Waals surface area contributed by atoms with E-state index < -0.39 is 16.7 Å². The lowest BCUT2D eigenvalue weighted by Crippen LogP contribution is -2.39. The Kier molecular flexibility index (Phi) is 7.35. The molecule has 1 aliphatic heterocycles. The molecule has 0 saturated carbocycles. The minimum absolute atomic E-state index is 0.0375. The largest absolute Gasteiger partial charge is 0.348 e. The minimum atomic E-state index is -0.867. The van der Waals surface area contributed by atoms with Crippen molar-refractivity contribution in [3.63, 3.8) is 0 Å². The summed E-state index contributed by atoms with van der Waals surface area (Å²) in [5.41, 5.74) is -0.191. The maximum Gasteiger partial charge on any atom is 0.313 e. The fraction of sp³-hybridized carbons (Fsp3) is 0.529. The van der Waals surface area contributed by atoms with Gasteiger partial charge >= 0.3 is 11.8 Å². The Morgan fingerprint density at radius 3 is 2.85 bits per heavy atom. The number of benzene rings is 1. The molecule has 142 valence electrons. The monoisotopic (exact) mass is 382 g/mol. The molecule has 2 N–H and O–H groups in total. The Bertz CT molecular complexity index is 683. The third kappa shape index (κ3) is 5.96. The summed E-state index contributed by atoms with van der Waals surface area (Å²) < 4.78 is 0. The topological polar surface area (TPSA) is 105 Å². The first-order chi connectivity index (χ1) is 12.4. The Labute approximate surface area is 157 Å². The molecule has 26 heavy (non-hydrogen) atoms. The summed E-state index contributed by atoms with van der Waals surface area (Å²) in [4.78, 5) is 36.3. The summed E-state index contributed by atoms with van der Waals surface area (Å²) in [5.74, 6) is -0.935. The van der Waals surface area contributed by atoms with Crippen molar-refractivity contribution in [2.45, 2.75) is 26.2 Å². The summed E-state index contributed by atoms with van der Waals surface area (Å²) in [6.45, 7) is 5.67. The number of carbonyl (C=O) groups excluding carboxylic acids is 2. The zero-order valence-electron chi connectivity index (χ0n) is 14.7. The molecule has 1 aromatic rings. The van der Waals surface area contributed by atoms with Gasteiger partial charge in [-0.1, -0.05) is 18.5 Å². The molecule has 1 fully saturated rings. The van der Waals surface area contributed by atoms with Gasteiger partial charge in [-0.2, -0.15) is 0 Å². The van der Waals surface area contributed by atoms with Crippen LogP contribution in [0.15, 0.2) is 18.2 Å². The highest BCUT2D eigenvalue weighted by Gasteiger charge is 2.18. The number of nitrogens with one attached hydrogen (secondary N) is 2. The van der Waals surface area contributed by atoms with E-state index >= 15 is 0 Å². The SMILES string of the molecule is CC1CCCN(CCCNC(=O)C(=O)Nc2ccc(Cl)c([N+](=O)[O-])c2)C1. The third-order valence-electron chi connectivity index (χ3n) is 4.28. The number of likely N-dealkylation sites (tertiary alicyclic amines) is 1. The summed E-state index contributed by atoms with van der Waals surface area (Å²) in [5, 5.41) is 15.7. The molecule has 2 rings (SSSR count). The zero-order chi connectivity index (χ0) is 19.1. The Morgan fingerprint density at radius 1 is 1.38 bits per heavy atom. The van der Waals surface area contributed by atoms with Crippen LogP contribution >= 0.6 is 11.6 Å². The summed E-state index contributed by atoms with van der Waals surface area (Å²) in [6.07, 6.45) is 3.22. The van der Waals surface area contributed by atoms with E-state index in [4.69, 9.17) is 11.6 Å². The van der Waals surface area contributed by atoms with Gasteiger partial charge in [0.15, 0.2) is 0 Å². The first-order valence-electron chi connectivity index (χ1n) is 8.62. The smallest absolute Gasteiger partial charge is 0.313 e. The Hall–Kier alpha value is -2.19. The van der Waals surface area contributed by atoms with E-state index in [1.54, 1.807) is 0 Å². The highest BCUT2D eigenvalue weighted by molar-refractivity contribution is 6.39. The molecule has 0 aromatic heterocycles. The minimum Gasteiger partial charge on any atom is -0.348 e. The van der Waals surface area contributed by atoms with Gasteiger partial charge in [-0.15, -0.1) is 0 Å². The highest BCUT2D eigenvalue weighted by Crippen LogP contribution is 2.27. The number of halogens is 1. The number of nitro groups is 1. The van der Waals surface area contributed by atoms with Crippen molar-refractivity contribution < 1.29 is 14.5 Å². The number of rotatable bonds is 6. The number of nitro benzene ring substituents is 1. The molecule has 1 unspecified atom stereocenters. The molecule has 1 aromatic carbocycles. The van der Waals surface area contributed by atoms with Crippen molar-refractivity contribution in [1.29, 1.82) is 0 Å². The lowest BCUT2D eigenvalue weighted by Gasteiger charge is -2.30. The quantitative estimate of drug-likeness (QED) is 0.340. The van der Waals surface area contributed by atoms with E-state index in [0.29, 0.717) is 12.5 Å². The van der Waals surface area contributed by atoms with Gasteiger partial charge < -0.3 is 15.5 Å². The average molecular weight is 383 g/mol. The second kappa shape index (κ2) is 9.49. The number of amides is 2. The van der Waals surface area contributed by atoms with E-state index in [9.17, 15) is 19.7 Å². The second-order valence-corrected chi connectivity index (χ2v) is 6.94. The molecule has 0 bridgehead atoms. The normalized spacial score (nSPS) is 17.5. The summed E-state index contributed by atoms with van der Waals surface area (Å²) >= 11 is 5.71. The van der Waals surface area contributed by atoms with Gasteiger partial charge in [-0.3, -0.25) is 19.7 Å². The van der Waals surface area contributed by atoms with E-state index in [1.165, 1.54) is 25.0 Å². The molecular formula is C17H23ClN4O4. The number of anilines is 1. The van der Waals surface area contributed by atoms with Crippen LogP contribution in [0.2, 0.25) is 5.02 Å². The number of carbonyl (C=O) groups is 2. The van der Waals surface area contributed by atoms with Crippen LogP contribution in [-0.2, 0) is 9.59 Å². The molecule has 1 atom stereocenters. The Morgan fingerprint density at radius 2 is 2.15 bits per heavy atom. The van der Waals surface area contributed by atoms with Crippen LogP contribution in [0.25, 0.3) is 0 Å². The van der Waals surface area contributed by atoms with Gasteiger partial charge in [0.1, 0.15) is 5.02 Å². The molecule has 0 spiro atoms. The van der Waals surface area contributed by atoms with Crippen LogP contribution in [0.5, 0.6) is 0 Å². The number of hydrogen-bond donors (Lipinski definition) is 2. The van der Waals surface area contributed by atoms with Crippen LogP contribution < -0.4 is 10.6 Å². The zero-order valence-corrected chi connectivity index (χ0v) is 15.4. The highest BCUT2D eigenvalue weighted by atomic mass is 35.5. The fourth-order valence-corrected chi connectivity index (χ4v) is 3.18. The maximum atomic E-state index is 11.9. The number of piperidine rings is 1. The average Bonchev–Trinajstić information content (AvgIpc) is 2.60. The van der Waals surface area contributed by atoms with Crippen molar-refractivity contribution in [3.05, 3.63) is 33.3 Å². The molecular weight excluding hydrogens is 360 g/mol. The Balaban J connectivity index is 1.74. The third-order valence-corrected chi connectivity index (χ3v) is 4.60. The molecule has 1 heterocycles. The van der Waals surface area contributed by atoms with Crippen molar-refractivity contribution >= 4 is 34.8 Å². The number of nitrogens with zero attached hydrogens (tertiary/aromatic N) is 2. The van der Waals surface area contributed by atoms with Gasteiger partial charge in [-0.05, 0) is 50.4 Å². The molecule has 0 radical (unpaired) electrons. The van der Waals surface area contributed by atoms with Gasteiger partial charge in [-0.25, -0.2) is 0 Å². The van der Waals surface area contributed by atoms with Gasteiger partial charge in [0.05, 0.1) is 4.92 Å². The molecule has 1 saturated heterocycles.